The second-order valence-electron chi connectivity index (χ2n) is 8.37. The minimum Gasteiger partial charge on any atom is -0.476 e. The van der Waals surface area contributed by atoms with Gasteiger partial charge in [-0.05, 0) is 50.3 Å². The molecule has 0 saturated carbocycles. The third kappa shape index (κ3) is 6.08. The highest BCUT2D eigenvalue weighted by Crippen LogP contribution is 2.27. The second kappa shape index (κ2) is 10.6. The molecule has 1 unspecified atom stereocenters. The molecule has 0 bridgehead atoms. The third-order valence-electron chi connectivity index (χ3n) is 6.26. The highest BCUT2D eigenvalue weighted by molar-refractivity contribution is 8.01. The Morgan fingerprint density at radius 1 is 1.19 bits per heavy atom. The molecule has 1 aromatic heterocycles. The van der Waals surface area contributed by atoms with Gasteiger partial charge in [0.1, 0.15) is 0 Å². The first-order valence-corrected chi connectivity index (χ1v) is 12.8. The number of hydrogen-bond acceptors (Lipinski definition) is 6. The normalized spacial score (nSPS) is 20.5. The number of aromatic nitrogens is 1. The standard InChI is InChI=1S/C23H29N3O3S2/c27-21-7-6-19(26(21)12-13-30-23-24-20(16-31-23)22(28)29)15-25-10-8-18(9-11-25)14-17-4-2-1-3-5-17/h1-5,16,18-19H,6-15H2,(H,28,29). The van der Waals surface area contributed by atoms with Crippen molar-refractivity contribution in [2.24, 2.45) is 5.92 Å². The van der Waals surface area contributed by atoms with E-state index >= 15 is 0 Å². The van der Waals surface area contributed by atoms with E-state index in [0.29, 0.717) is 19.0 Å². The predicted octanol–water partition coefficient (Wildman–Crippen LogP) is 3.88. The smallest absolute Gasteiger partial charge is 0.355 e. The highest BCUT2D eigenvalue weighted by atomic mass is 32.2. The van der Waals surface area contributed by atoms with E-state index in [0.717, 1.165) is 42.1 Å². The Hall–Kier alpha value is -1.90. The van der Waals surface area contributed by atoms with E-state index in [-0.39, 0.29) is 11.6 Å². The Morgan fingerprint density at radius 2 is 1.97 bits per heavy atom. The monoisotopic (exact) mass is 459 g/mol. The van der Waals surface area contributed by atoms with Crippen molar-refractivity contribution in [1.82, 2.24) is 14.8 Å². The lowest BCUT2D eigenvalue weighted by Crippen LogP contribution is -2.45. The number of carbonyl (C=O) groups is 2. The molecule has 2 aliphatic heterocycles. The molecule has 166 valence electrons. The van der Waals surface area contributed by atoms with E-state index in [1.807, 2.05) is 4.90 Å². The van der Waals surface area contributed by atoms with Crippen LogP contribution in [0.25, 0.3) is 0 Å². The maximum absolute atomic E-state index is 12.4. The fourth-order valence-electron chi connectivity index (χ4n) is 4.56. The van der Waals surface area contributed by atoms with Crippen LogP contribution in [0.5, 0.6) is 0 Å². The van der Waals surface area contributed by atoms with Gasteiger partial charge in [-0.3, -0.25) is 4.79 Å². The van der Waals surface area contributed by atoms with Crippen molar-refractivity contribution in [3.8, 4) is 0 Å². The zero-order valence-corrected chi connectivity index (χ0v) is 19.2. The molecule has 0 spiro atoms. The maximum atomic E-state index is 12.4. The largest absolute Gasteiger partial charge is 0.476 e. The van der Waals surface area contributed by atoms with Crippen molar-refractivity contribution in [3.05, 3.63) is 47.0 Å². The van der Waals surface area contributed by atoms with Crippen LogP contribution in [0.4, 0.5) is 0 Å². The summed E-state index contributed by atoms with van der Waals surface area (Å²) in [6.07, 6.45) is 5.19. The SMILES string of the molecule is O=C(O)c1csc(SCCN2C(=O)CCC2CN2CCC(Cc3ccccc3)CC2)n1. The van der Waals surface area contributed by atoms with Gasteiger partial charge in [0, 0.05) is 36.7 Å². The molecule has 3 heterocycles. The zero-order chi connectivity index (χ0) is 21.6. The third-order valence-corrected chi connectivity index (χ3v) is 8.26. The number of hydrogen-bond donors (Lipinski definition) is 1. The summed E-state index contributed by atoms with van der Waals surface area (Å²) in [5.74, 6) is 0.749. The average Bonchev–Trinajstić information content (AvgIpc) is 3.38. The average molecular weight is 460 g/mol. The molecule has 1 N–H and O–H groups in total. The van der Waals surface area contributed by atoms with Crippen LogP contribution in [-0.4, -0.2) is 69.7 Å². The van der Waals surface area contributed by atoms with Gasteiger partial charge in [0.05, 0.1) is 0 Å². The van der Waals surface area contributed by atoms with Crippen LogP contribution in [0.3, 0.4) is 0 Å². The Bertz CT molecular complexity index is 881. The van der Waals surface area contributed by atoms with Crippen molar-refractivity contribution in [1.29, 1.82) is 0 Å². The van der Waals surface area contributed by atoms with Gasteiger partial charge in [-0.15, -0.1) is 11.3 Å². The topological polar surface area (TPSA) is 73.7 Å². The molecule has 2 aliphatic rings. The Morgan fingerprint density at radius 3 is 2.68 bits per heavy atom. The lowest BCUT2D eigenvalue weighted by Gasteiger charge is -2.35. The van der Waals surface area contributed by atoms with E-state index in [2.05, 4.69) is 40.2 Å². The van der Waals surface area contributed by atoms with Gasteiger partial charge in [-0.1, -0.05) is 42.1 Å². The van der Waals surface area contributed by atoms with E-state index < -0.39 is 5.97 Å². The van der Waals surface area contributed by atoms with Gasteiger partial charge in [0.25, 0.3) is 0 Å². The van der Waals surface area contributed by atoms with Gasteiger partial charge in [-0.25, -0.2) is 9.78 Å². The van der Waals surface area contributed by atoms with E-state index in [1.54, 1.807) is 5.38 Å². The van der Waals surface area contributed by atoms with Crippen molar-refractivity contribution in [2.75, 3.05) is 31.9 Å². The summed E-state index contributed by atoms with van der Waals surface area (Å²) in [5.41, 5.74) is 1.53. The summed E-state index contributed by atoms with van der Waals surface area (Å²) < 4.78 is 0.751. The second-order valence-corrected chi connectivity index (χ2v) is 10.6. The summed E-state index contributed by atoms with van der Waals surface area (Å²) in [4.78, 5) is 32.1. The number of thiazole rings is 1. The quantitative estimate of drug-likeness (QED) is 0.574. The van der Waals surface area contributed by atoms with Gasteiger partial charge < -0.3 is 14.9 Å². The lowest BCUT2D eigenvalue weighted by atomic mass is 9.90. The van der Waals surface area contributed by atoms with Crippen molar-refractivity contribution >= 4 is 35.0 Å². The Kier molecular flexibility index (Phi) is 7.63. The molecule has 2 aromatic rings. The van der Waals surface area contributed by atoms with Crippen LogP contribution in [0.15, 0.2) is 40.1 Å². The molecule has 0 radical (unpaired) electrons. The number of nitrogens with zero attached hydrogens (tertiary/aromatic N) is 3. The number of rotatable bonds is 9. The van der Waals surface area contributed by atoms with Gasteiger partial charge in [-0.2, -0.15) is 0 Å². The molecule has 2 fully saturated rings. The fraction of sp³-hybridized carbons (Fsp3) is 0.522. The number of benzene rings is 1. The predicted molar refractivity (Wildman–Crippen MR) is 124 cm³/mol. The van der Waals surface area contributed by atoms with Crippen LogP contribution in [0.2, 0.25) is 0 Å². The summed E-state index contributed by atoms with van der Waals surface area (Å²) in [6, 6.07) is 11.1. The number of aromatic carboxylic acids is 1. The number of carboxylic acid groups (broad SMARTS) is 1. The summed E-state index contributed by atoms with van der Waals surface area (Å²) in [6.45, 7) is 3.89. The number of piperidine rings is 1. The van der Waals surface area contributed by atoms with Gasteiger partial charge >= 0.3 is 5.97 Å². The first kappa shape index (κ1) is 22.3. The van der Waals surface area contributed by atoms with E-state index in [1.165, 1.54) is 47.9 Å². The number of thioether (sulfide) groups is 1. The van der Waals surface area contributed by atoms with Crippen LogP contribution >= 0.6 is 23.1 Å². The molecule has 31 heavy (non-hydrogen) atoms. The molecular weight excluding hydrogens is 430 g/mol. The van der Waals surface area contributed by atoms with Crippen LogP contribution in [0, 0.1) is 5.92 Å². The Labute approximate surface area is 191 Å². The molecule has 8 heteroatoms. The lowest BCUT2D eigenvalue weighted by molar-refractivity contribution is -0.128. The molecule has 0 aliphatic carbocycles. The Balaban J connectivity index is 1.21. The van der Waals surface area contributed by atoms with Crippen molar-refractivity contribution in [3.63, 3.8) is 0 Å². The number of carbonyl (C=O) groups excluding carboxylic acids is 1. The summed E-state index contributed by atoms with van der Waals surface area (Å²) in [5, 5.41) is 10.6. The van der Waals surface area contributed by atoms with Gasteiger partial charge in [0.15, 0.2) is 10.0 Å². The van der Waals surface area contributed by atoms with E-state index in [9.17, 15) is 9.59 Å². The first-order valence-electron chi connectivity index (χ1n) is 11.0. The molecule has 1 atom stereocenters. The minimum atomic E-state index is -0.995. The number of amides is 1. The van der Waals surface area contributed by atoms with Crippen molar-refractivity contribution in [2.45, 2.75) is 42.5 Å². The molecule has 1 aromatic carbocycles. The highest BCUT2D eigenvalue weighted by Gasteiger charge is 2.32. The number of likely N-dealkylation sites (tertiary alicyclic amines) is 2. The van der Waals surface area contributed by atoms with Crippen LogP contribution in [-0.2, 0) is 11.2 Å². The van der Waals surface area contributed by atoms with Crippen LogP contribution < -0.4 is 0 Å². The maximum Gasteiger partial charge on any atom is 0.355 e. The van der Waals surface area contributed by atoms with Gasteiger partial charge in [0.2, 0.25) is 5.91 Å². The molecule has 2 saturated heterocycles. The molecular formula is C23H29N3O3S2. The summed E-state index contributed by atoms with van der Waals surface area (Å²) >= 11 is 2.88. The molecule has 6 nitrogen and oxygen atoms in total. The zero-order valence-electron chi connectivity index (χ0n) is 17.6. The summed E-state index contributed by atoms with van der Waals surface area (Å²) in [7, 11) is 0. The minimum absolute atomic E-state index is 0.0956. The fourth-order valence-corrected chi connectivity index (χ4v) is 6.37. The molecule has 4 rings (SSSR count). The van der Waals surface area contributed by atoms with Crippen LogP contribution in [0.1, 0.15) is 41.7 Å². The van der Waals surface area contributed by atoms with E-state index in [4.69, 9.17) is 5.11 Å². The molecule has 1 amide bonds. The van der Waals surface area contributed by atoms with Crippen molar-refractivity contribution < 1.29 is 14.7 Å². The first-order chi connectivity index (χ1) is 15.1. The number of carboxylic acids is 1.